The summed E-state index contributed by atoms with van der Waals surface area (Å²) < 4.78 is 1.02. The van der Waals surface area contributed by atoms with Gasteiger partial charge >= 0.3 is 5.97 Å². The molecule has 1 amide bonds. The van der Waals surface area contributed by atoms with Gasteiger partial charge in [-0.1, -0.05) is 6.92 Å². The molecule has 0 aliphatic carbocycles. The van der Waals surface area contributed by atoms with Crippen LogP contribution in [-0.4, -0.2) is 34.5 Å². The molecule has 0 aliphatic heterocycles. The van der Waals surface area contributed by atoms with Gasteiger partial charge in [0.15, 0.2) is 0 Å². The molecule has 17 heavy (non-hydrogen) atoms. The third-order valence-electron chi connectivity index (χ3n) is 2.50. The van der Waals surface area contributed by atoms with Crippen molar-refractivity contribution >= 4 is 45.8 Å². The second-order valence-corrected chi connectivity index (χ2v) is 6.53. The molecule has 1 aromatic heterocycles. The summed E-state index contributed by atoms with van der Waals surface area (Å²) in [5.74, 6) is -1.19. The van der Waals surface area contributed by atoms with E-state index in [0.717, 1.165) is 9.30 Å². The van der Waals surface area contributed by atoms with E-state index in [0.29, 0.717) is 5.56 Å². The molecule has 0 saturated heterocycles. The molecule has 1 unspecified atom stereocenters. The molecule has 1 N–H and O–H groups in total. The topological polar surface area (TPSA) is 57.6 Å². The average molecular weight is 367 g/mol. The van der Waals surface area contributed by atoms with E-state index >= 15 is 0 Å². The van der Waals surface area contributed by atoms with Crippen molar-refractivity contribution in [3.05, 3.63) is 19.9 Å². The minimum absolute atomic E-state index is 0.0730. The predicted molar refractivity (Wildman–Crippen MR) is 75.5 cm³/mol. The first kappa shape index (κ1) is 14.4. The predicted octanol–water partition coefficient (Wildman–Crippen LogP) is 2.68. The molecule has 0 bridgehead atoms. The Kier molecular flexibility index (Phi) is 5.38. The molecule has 1 heterocycles. The van der Waals surface area contributed by atoms with E-state index in [4.69, 9.17) is 5.11 Å². The maximum atomic E-state index is 12.2. The van der Waals surface area contributed by atoms with Crippen molar-refractivity contribution in [2.75, 3.05) is 6.54 Å². The van der Waals surface area contributed by atoms with Gasteiger partial charge in [0.2, 0.25) is 0 Å². The third-order valence-corrected chi connectivity index (χ3v) is 4.29. The van der Waals surface area contributed by atoms with E-state index in [1.807, 2.05) is 13.8 Å². The van der Waals surface area contributed by atoms with Crippen LogP contribution in [0.5, 0.6) is 0 Å². The fourth-order valence-corrected chi connectivity index (χ4v) is 2.70. The van der Waals surface area contributed by atoms with Gasteiger partial charge in [-0.25, -0.2) is 0 Å². The minimum Gasteiger partial charge on any atom is -0.480 e. The number of thiophene rings is 1. The molecule has 0 saturated carbocycles. The van der Waals surface area contributed by atoms with E-state index < -0.39 is 5.97 Å². The molecular weight excluding hydrogens is 353 g/mol. The number of nitrogens with zero attached hydrogens (tertiary/aromatic N) is 1. The zero-order chi connectivity index (χ0) is 13.0. The number of aliphatic carboxylic acids is 1. The standard InChI is InChI=1S/C11H14INO3S/c1-3-7(2)13(5-10(14)15)11(16)8-4-9(12)17-6-8/h4,6-7H,3,5H2,1-2H3,(H,14,15). The molecule has 1 rings (SSSR count). The molecule has 0 radical (unpaired) electrons. The number of carbonyl (C=O) groups excluding carboxylic acids is 1. The normalized spacial score (nSPS) is 12.2. The summed E-state index contributed by atoms with van der Waals surface area (Å²) in [5.41, 5.74) is 0.570. The lowest BCUT2D eigenvalue weighted by Gasteiger charge is -2.26. The van der Waals surface area contributed by atoms with Gasteiger partial charge in [-0.3, -0.25) is 9.59 Å². The highest BCUT2D eigenvalue weighted by Crippen LogP contribution is 2.19. The number of hydrogen-bond donors (Lipinski definition) is 1. The summed E-state index contributed by atoms with van der Waals surface area (Å²) in [6.07, 6.45) is 0.736. The molecule has 0 aromatic carbocycles. The highest BCUT2D eigenvalue weighted by molar-refractivity contribution is 14.1. The highest BCUT2D eigenvalue weighted by atomic mass is 127. The molecular formula is C11H14INO3S. The lowest BCUT2D eigenvalue weighted by molar-refractivity contribution is -0.138. The van der Waals surface area contributed by atoms with Gasteiger partial charge in [-0.15, -0.1) is 11.3 Å². The van der Waals surface area contributed by atoms with Crippen molar-refractivity contribution in [3.8, 4) is 0 Å². The van der Waals surface area contributed by atoms with Crippen molar-refractivity contribution < 1.29 is 14.7 Å². The zero-order valence-corrected chi connectivity index (χ0v) is 12.6. The van der Waals surface area contributed by atoms with Crippen molar-refractivity contribution in [2.45, 2.75) is 26.3 Å². The smallest absolute Gasteiger partial charge is 0.323 e. The second kappa shape index (κ2) is 6.34. The molecule has 4 nitrogen and oxygen atoms in total. The highest BCUT2D eigenvalue weighted by Gasteiger charge is 2.23. The van der Waals surface area contributed by atoms with Crippen LogP contribution in [0.1, 0.15) is 30.6 Å². The van der Waals surface area contributed by atoms with Gasteiger partial charge in [0.25, 0.3) is 5.91 Å². The molecule has 1 aromatic rings. The monoisotopic (exact) mass is 367 g/mol. The summed E-state index contributed by atoms with van der Waals surface area (Å²) in [7, 11) is 0. The minimum atomic E-state index is -0.983. The van der Waals surface area contributed by atoms with Crippen molar-refractivity contribution in [3.63, 3.8) is 0 Å². The maximum absolute atomic E-state index is 12.2. The number of carbonyl (C=O) groups is 2. The van der Waals surface area contributed by atoms with Crippen LogP contribution in [0.15, 0.2) is 11.4 Å². The Hall–Kier alpha value is -0.630. The summed E-state index contributed by atoms with van der Waals surface area (Å²) in [5, 5.41) is 10.6. The summed E-state index contributed by atoms with van der Waals surface area (Å²) >= 11 is 3.62. The number of amides is 1. The van der Waals surface area contributed by atoms with Crippen LogP contribution >= 0.6 is 33.9 Å². The SMILES string of the molecule is CCC(C)N(CC(=O)O)C(=O)c1csc(I)c1. The third kappa shape index (κ3) is 3.95. The van der Waals surface area contributed by atoms with Crippen LogP contribution in [0.4, 0.5) is 0 Å². The van der Waals surface area contributed by atoms with Gasteiger partial charge in [-0.2, -0.15) is 0 Å². The van der Waals surface area contributed by atoms with E-state index in [-0.39, 0.29) is 18.5 Å². The summed E-state index contributed by atoms with van der Waals surface area (Å²) in [6.45, 7) is 3.54. The van der Waals surface area contributed by atoms with Gasteiger partial charge < -0.3 is 10.0 Å². The van der Waals surface area contributed by atoms with E-state index in [1.54, 1.807) is 11.4 Å². The van der Waals surface area contributed by atoms with Crippen LogP contribution in [0.25, 0.3) is 0 Å². The first-order valence-electron chi connectivity index (χ1n) is 5.22. The van der Waals surface area contributed by atoms with Gasteiger partial charge in [0.05, 0.1) is 8.45 Å². The largest absolute Gasteiger partial charge is 0.480 e. The van der Waals surface area contributed by atoms with Crippen molar-refractivity contribution in [1.29, 1.82) is 0 Å². The molecule has 0 spiro atoms. The average Bonchev–Trinajstić information content (AvgIpc) is 2.70. The summed E-state index contributed by atoms with van der Waals surface area (Å²) in [4.78, 5) is 24.3. The fraction of sp³-hybridized carbons (Fsp3) is 0.455. The Bertz CT molecular complexity index is 419. The van der Waals surface area contributed by atoms with Gasteiger partial charge in [0, 0.05) is 11.4 Å². The Morgan fingerprint density at radius 1 is 1.59 bits per heavy atom. The number of carboxylic acid groups (broad SMARTS) is 1. The molecule has 1 atom stereocenters. The summed E-state index contributed by atoms with van der Waals surface area (Å²) in [6, 6.07) is 1.71. The Labute approximate surface area is 118 Å². The van der Waals surface area contributed by atoms with Gasteiger partial charge in [0.1, 0.15) is 6.54 Å². The lowest BCUT2D eigenvalue weighted by Crippen LogP contribution is -2.41. The second-order valence-electron chi connectivity index (χ2n) is 3.72. The van der Waals surface area contributed by atoms with E-state index in [9.17, 15) is 9.59 Å². The maximum Gasteiger partial charge on any atom is 0.323 e. The number of halogens is 1. The fourth-order valence-electron chi connectivity index (χ4n) is 1.38. The molecule has 94 valence electrons. The zero-order valence-electron chi connectivity index (χ0n) is 9.64. The van der Waals surface area contributed by atoms with Crippen LogP contribution in [0.3, 0.4) is 0 Å². The first-order valence-corrected chi connectivity index (χ1v) is 7.18. The molecule has 6 heteroatoms. The molecule has 0 aliphatic rings. The van der Waals surface area contributed by atoms with Crippen LogP contribution in [0.2, 0.25) is 0 Å². The molecule has 0 fully saturated rings. The van der Waals surface area contributed by atoms with E-state index in [2.05, 4.69) is 22.6 Å². The number of hydrogen-bond acceptors (Lipinski definition) is 3. The first-order chi connectivity index (χ1) is 7.95. The van der Waals surface area contributed by atoms with Crippen molar-refractivity contribution in [2.24, 2.45) is 0 Å². The Morgan fingerprint density at radius 2 is 2.24 bits per heavy atom. The quantitative estimate of drug-likeness (QED) is 0.815. The number of carboxylic acids is 1. The Balaban J connectivity index is 2.89. The van der Waals surface area contributed by atoms with Gasteiger partial charge in [-0.05, 0) is 42.0 Å². The van der Waals surface area contributed by atoms with Crippen molar-refractivity contribution in [1.82, 2.24) is 4.90 Å². The van der Waals surface area contributed by atoms with Crippen LogP contribution in [-0.2, 0) is 4.79 Å². The van der Waals surface area contributed by atoms with Crippen LogP contribution in [0, 0.1) is 2.88 Å². The van der Waals surface area contributed by atoms with Crippen LogP contribution < -0.4 is 0 Å². The Morgan fingerprint density at radius 3 is 2.65 bits per heavy atom. The number of rotatable bonds is 5. The lowest BCUT2D eigenvalue weighted by atomic mass is 10.2. The van der Waals surface area contributed by atoms with E-state index in [1.165, 1.54) is 16.2 Å².